The van der Waals surface area contributed by atoms with Crippen LogP contribution in [0.15, 0.2) is 36.5 Å². The molecule has 0 radical (unpaired) electrons. The molecule has 0 atom stereocenters. The second kappa shape index (κ2) is 6.57. The van der Waals surface area contributed by atoms with Crippen molar-refractivity contribution >= 4 is 0 Å². The van der Waals surface area contributed by atoms with Gasteiger partial charge in [-0.15, -0.1) is 0 Å². The maximum absolute atomic E-state index is 8.47. The maximum atomic E-state index is 8.47. The molecule has 1 N–H and O–H groups in total. The Morgan fingerprint density at radius 1 is 1.37 bits per heavy atom. The molecule has 19 heavy (non-hydrogen) atoms. The predicted octanol–water partition coefficient (Wildman–Crippen LogP) is 1.61. The Balaban J connectivity index is 1.84. The number of nitrogens with zero attached hydrogens (tertiary/aromatic N) is 3. The molecule has 1 heterocycles. The minimum Gasteiger partial charge on any atom is -0.479 e. The van der Waals surface area contributed by atoms with Gasteiger partial charge in [-0.1, -0.05) is 12.1 Å². The van der Waals surface area contributed by atoms with Crippen molar-refractivity contribution in [3.8, 4) is 11.8 Å². The smallest absolute Gasteiger partial charge is 0.174 e. The Hall–Kier alpha value is -2.32. The van der Waals surface area contributed by atoms with Crippen LogP contribution in [0.4, 0.5) is 0 Å². The molecule has 0 amide bonds. The third-order valence-corrected chi connectivity index (χ3v) is 2.61. The fourth-order valence-corrected chi connectivity index (χ4v) is 1.75. The molecule has 0 bridgehead atoms. The summed E-state index contributed by atoms with van der Waals surface area (Å²) >= 11 is 0. The molecule has 98 valence electrons. The highest BCUT2D eigenvalue weighted by molar-refractivity contribution is 5.28. The molecule has 0 unspecified atom stereocenters. The molecule has 1 aromatic carbocycles. The number of nitrogens with one attached hydrogen (secondary N) is 1. The molecule has 0 saturated carbocycles. The number of aromatic nitrogens is 2. The summed E-state index contributed by atoms with van der Waals surface area (Å²) in [4.78, 5) is 0. The van der Waals surface area contributed by atoms with Gasteiger partial charge in [-0.2, -0.15) is 10.4 Å². The molecule has 0 aliphatic rings. The highest BCUT2D eigenvalue weighted by Crippen LogP contribution is 2.13. The van der Waals surface area contributed by atoms with Crippen LogP contribution < -0.4 is 10.1 Å². The van der Waals surface area contributed by atoms with Gasteiger partial charge < -0.3 is 10.1 Å². The first-order valence-corrected chi connectivity index (χ1v) is 6.06. The van der Waals surface area contributed by atoms with Gasteiger partial charge in [0.05, 0.1) is 5.69 Å². The lowest BCUT2D eigenvalue weighted by atomic mass is 10.2. The van der Waals surface area contributed by atoms with E-state index in [0.29, 0.717) is 0 Å². The van der Waals surface area contributed by atoms with Crippen molar-refractivity contribution in [1.82, 2.24) is 15.1 Å². The van der Waals surface area contributed by atoms with Gasteiger partial charge in [-0.05, 0) is 23.8 Å². The fourth-order valence-electron chi connectivity index (χ4n) is 1.75. The molecular weight excluding hydrogens is 240 g/mol. The molecule has 2 rings (SSSR count). The highest BCUT2D eigenvalue weighted by atomic mass is 16.5. The standard InChI is InChI=1S/C14H16N4O/c1-18-7-5-13(17-18)11-16-10-12-3-2-4-14(9-12)19-8-6-15/h2-5,7,9,16H,8,10-11H2,1H3. The number of hydrogen-bond acceptors (Lipinski definition) is 4. The summed E-state index contributed by atoms with van der Waals surface area (Å²) < 4.78 is 7.04. The van der Waals surface area contributed by atoms with Gasteiger partial charge in [0.2, 0.25) is 0 Å². The Morgan fingerprint density at radius 3 is 3.00 bits per heavy atom. The Kier molecular flexibility index (Phi) is 4.54. The van der Waals surface area contributed by atoms with Gasteiger partial charge in [0, 0.05) is 26.3 Å². The molecule has 1 aromatic heterocycles. The minimum absolute atomic E-state index is 0.0742. The lowest BCUT2D eigenvalue weighted by Crippen LogP contribution is -2.13. The second-order valence-corrected chi connectivity index (χ2v) is 4.18. The van der Waals surface area contributed by atoms with Crippen LogP contribution in [0, 0.1) is 11.3 Å². The topological polar surface area (TPSA) is 62.9 Å². The summed E-state index contributed by atoms with van der Waals surface area (Å²) in [5, 5.41) is 16.1. The average Bonchev–Trinajstić information content (AvgIpc) is 2.83. The maximum Gasteiger partial charge on any atom is 0.174 e. The van der Waals surface area contributed by atoms with E-state index in [2.05, 4.69) is 10.4 Å². The number of aryl methyl sites for hydroxylation is 1. The lowest BCUT2D eigenvalue weighted by molar-refractivity contribution is 0.367. The first-order chi connectivity index (χ1) is 9.28. The molecule has 0 fully saturated rings. The van der Waals surface area contributed by atoms with E-state index < -0.39 is 0 Å². The van der Waals surface area contributed by atoms with Crippen LogP contribution in [-0.2, 0) is 20.1 Å². The number of ether oxygens (including phenoxy) is 1. The SMILES string of the molecule is Cn1ccc(CNCc2cccc(OCC#N)c2)n1. The number of hydrogen-bond donors (Lipinski definition) is 1. The Labute approximate surface area is 112 Å². The van der Waals surface area contributed by atoms with Gasteiger partial charge in [0.25, 0.3) is 0 Å². The average molecular weight is 256 g/mol. The zero-order chi connectivity index (χ0) is 13.5. The lowest BCUT2D eigenvalue weighted by Gasteiger charge is -2.06. The van der Waals surface area contributed by atoms with E-state index in [0.717, 1.165) is 30.1 Å². The summed E-state index contributed by atoms with van der Waals surface area (Å²) in [5.41, 5.74) is 2.13. The van der Waals surface area contributed by atoms with Crippen LogP contribution in [0.5, 0.6) is 5.75 Å². The van der Waals surface area contributed by atoms with Gasteiger partial charge >= 0.3 is 0 Å². The highest BCUT2D eigenvalue weighted by Gasteiger charge is 1.99. The zero-order valence-corrected chi connectivity index (χ0v) is 10.8. The summed E-state index contributed by atoms with van der Waals surface area (Å²) in [6, 6.07) is 11.7. The third kappa shape index (κ3) is 4.12. The third-order valence-electron chi connectivity index (χ3n) is 2.61. The minimum atomic E-state index is 0.0742. The van der Waals surface area contributed by atoms with E-state index in [1.807, 2.05) is 49.6 Å². The Morgan fingerprint density at radius 2 is 2.26 bits per heavy atom. The van der Waals surface area contributed by atoms with Crippen molar-refractivity contribution in [2.45, 2.75) is 13.1 Å². The monoisotopic (exact) mass is 256 g/mol. The summed E-state index contributed by atoms with van der Waals surface area (Å²) in [5.74, 6) is 0.721. The fraction of sp³-hybridized carbons (Fsp3) is 0.286. The second-order valence-electron chi connectivity index (χ2n) is 4.18. The van der Waals surface area contributed by atoms with Gasteiger partial charge in [0.15, 0.2) is 6.61 Å². The molecular formula is C14H16N4O. The molecule has 0 spiro atoms. The van der Waals surface area contributed by atoms with Gasteiger partial charge in [-0.25, -0.2) is 0 Å². The quantitative estimate of drug-likeness (QED) is 0.853. The zero-order valence-electron chi connectivity index (χ0n) is 10.8. The van der Waals surface area contributed by atoms with E-state index >= 15 is 0 Å². The number of nitriles is 1. The molecule has 0 saturated heterocycles. The summed E-state index contributed by atoms with van der Waals surface area (Å²) in [6.07, 6.45) is 1.92. The largest absolute Gasteiger partial charge is 0.479 e. The summed E-state index contributed by atoms with van der Waals surface area (Å²) in [7, 11) is 1.90. The Bertz CT molecular complexity index is 571. The van der Waals surface area contributed by atoms with E-state index in [-0.39, 0.29) is 6.61 Å². The predicted molar refractivity (Wildman–Crippen MR) is 71.3 cm³/mol. The van der Waals surface area contributed by atoms with Crippen LogP contribution in [0.2, 0.25) is 0 Å². The van der Waals surface area contributed by atoms with Crippen molar-refractivity contribution in [2.24, 2.45) is 7.05 Å². The first kappa shape index (κ1) is 13.1. The van der Waals surface area contributed by atoms with Crippen LogP contribution in [0.1, 0.15) is 11.3 Å². The molecule has 0 aliphatic carbocycles. The van der Waals surface area contributed by atoms with Crippen molar-refractivity contribution in [2.75, 3.05) is 6.61 Å². The molecule has 0 aliphatic heterocycles. The molecule has 2 aromatic rings. The van der Waals surface area contributed by atoms with Crippen LogP contribution in [0.25, 0.3) is 0 Å². The number of rotatable bonds is 6. The van der Waals surface area contributed by atoms with E-state index in [1.54, 1.807) is 4.68 Å². The molecule has 5 heteroatoms. The molecule has 5 nitrogen and oxygen atoms in total. The normalized spacial score (nSPS) is 10.1. The van der Waals surface area contributed by atoms with Crippen LogP contribution in [-0.4, -0.2) is 16.4 Å². The number of benzene rings is 1. The summed E-state index contributed by atoms with van der Waals surface area (Å²) in [6.45, 7) is 1.54. The van der Waals surface area contributed by atoms with Crippen LogP contribution in [0.3, 0.4) is 0 Å². The van der Waals surface area contributed by atoms with Gasteiger partial charge in [-0.3, -0.25) is 4.68 Å². The van der Waals surface area contributed by atoms with E-state index in [4.69, 9.17) is 10.00 Å². The van der Waals surface area contributed by atoms with Gasteiger partial charge in [0.1, 0.15) is 11.8 Å². The van der Waals surface area contributed by atoms with Crippen molar-refractivity contribution < 1.29 is 4.74 Å². The van der Waals surface area contributed by atoms with E-state index in [1.165, 1.54) is 0 Å². The first-order valence-electron chi connectivity index (χ1n) is 6.06. The van der Waals surface area contributed by atoms with Crippen LogP contribution >= 0.6 is 0 Å². The van der Waals surface area contributed by atoms with Crippen molar-refractivity contribution in [3.63, 3.8) is 0 Å². The van der Waals surface area contributed by atoms with Crippen molar-refractivity contribution in [3.05, 3.63) is 47.8 Å². The van der Waals surface area contributed by atoms with E-state index in [9.17, 15) is 0 Å². The van der Waals surface area contributed by atoms with Crippen molar-refractivity contribution in [1.29, 1.82) is 5.26 Å².